The minimum Gasteiger partial charge on any atom is -0.462 e. The molecule has 6 nitrogen and oxygen atoms in total. The van der Waals surface area contributed by atoms with Crippen molar-refractivity contribution in [3.8, 4) is 0 Å². The molecule has 1 unspecified atom stereocenters. The first-order chi connectivity index (χ1) is 40.5. The van der Waals surface area contributed by atoms with E-state index < -0.39 is 6.10 Å². The van der Waals surface area contributed by atoms with Crippen LogP contribution in [0, 0.1) is 0 Å². The highest BCUT2D eigenvalue weighted by molar-refractivity contribution is 5.71. The van der Waals surface area contributed by atoms with E-state index in [-0.39, 0.29) is 31.1 Å². The molecule has 0 aliphatic rings. The van der Waals surface area contributed by atoms with E-state index in [1.54, 1.807) is 0 Å². The van der Waals surface area contributed by atoms with Crippen molar-refractivity contribution in [1.29, 1.82) is 0 Å². The molecule has 0 aromatic rings. The van der Waals surface area contributed by atoms with Crippen molar-refractivity contribution in [2.45, 2.75) is 393 Å². The Labute approximate surface area is 510 Å². The molecule has 0 fully saturated rings. The highest BCUT2D eigenvalue weighted by Crippen LogP contribution is 2.18. The van der Waals surface area contributed by atoms with Crippen molar-refractivity contribution >= 4 is 17.9 Å². The van der Waals surface area contributed by atoms with Crippen molar-refractivity contribution in [2.24, 2.45) is 0 Å². The number of carbonyl (C=O) groups excluding carboxylic acids is 3. The number of esters is 3. The number of rotatable bonds is 67. The maximum Gasteiger partial charge on any atom is 0.306 e. The van der Waals surface area contributed by atoms with Crippen molar-refractivity contribution in [1.82, 2.24) is 0 Å². The van der Waals surface area contributed by atoms with E-state index >= 15 is 0 Å². The standard InChI is InChI=1S/C76H138O6/c1-4-7-10-13-16-19-22-25-28-31-33-35-37-38-40-41-43-45-48-51-54-57-60-63-66-69-75(78)81-72-73(71-80-74(77)68-65-62-59-56-53-50-47-30-27-24-21-18-15-12-9-6-3)82-76(79)70-67-64-61-58-55-52-49-46-44-42-39-36-34-32-29-26-23-20-17-14-11-8-5-2/h22-23,25-26,31-34,39,42,73H,4-21,24,27-30,35-38,40-41,43-72H2,1-3H3/b25-22-,26-23-,33-31-,34-32-,42-39-. The van der Waals surface area contributed by atoms with E-state index in [0.717, 1.165) is 83.5 Å². The third kappa shape index (κ3) is 67.9. The molecule has 478 valence electrons. The van der Waals surface area contributed by atoms with Gasteiger partial charge in [-0.25, -0.2) is 0 Å². The number of ether oxygens (including phenoxy) is 3. The first-order valence-corrected chi connectivity index (χ1v) is 36.3. The molecule has 0 spiro atoms. The second-order valence-corrected chi connectivity index (χ2v) is 24.5. The maximum atomic E-state index is 13.0. The summed E-state index contributed by atoms with van der Waals surface area (Å²) < 4.78 is 17.0. The zero-order valence-electron chi connectivity index (χ0n) is 55.0. The van der Waals surface area contributed by atoms with Crippen LogP contribution in [0.2, 0.25) is 0 Å². The average Bonchev–Trinajstić information content (AvgIpc) is 3.47. The van der Waals surface area contributed by atoms with Crippen molar-refractivity contribution < 1.29 is 28.6 Å². The average molecular weight is 1150 g/mol. The van der Waals surface area contributed by atoms with Crippen LogP contribution in [0.4, 0.5) is 0 Å². The number of hydrogen-bond donors (Lipinski definition) is 0. The molecule has 0 aromatic heterocycles. The Hall–Kier alpha value is -2.89. The van der Waals surface area contributed by atoms with Gasteiger partial charge < -0.3 is 14.2 Å². The molecule has 0 heterocycles. The monoisotopic (exact) mass is 1150 g/mol. The first-order valence-electron chi connectivity index (χ1n) is 36.3. The molecule has 0 rings (SSSR count). The lowest BCUT2D eigenvalue weighted by Crippen LogP contribution is -2.30. The molecule has 0 aliphatic heterocycles. The van der Waals surface area contributed by atoms with Gasteiger partial charge in [0.2, 0.25) is 0 Å². The van der Waals surface area contributed by atoms with Crippen molar-refractivity contribution in [2.75, 3.05) is 13.2 Å². The smallest absolute Gasteiger partial charge is 0.306 e. The highest BCUT2D eigenvalue weighted by Gasteiger charge is 2.19. The highest BCUT2D eigenvalue weighted by atomic mass is 16.6. The summed E-state index contributed by atoms with van der Waals surface area (Å²) in [6, 6.07) is 0. The summed E-state index contributed by atoms with van der Waals surface area (Å²) in [7, 11) is 0. The lowest BCUT2D eigenvalue weighted by atomic mass is 10.0. The zero-order chi connectivity index (χ0) is 59.2. The Bertz CT molecular complexity index is 1460. The van der Waals surface area contributed by atoms with Gasteiger partial charge in [-0.1, -0.05) is 338 Å². The molecule has 0 aliphatic carbocycles. The van der Waals surface area contributed by atoms with Gasteiger partial charge in [0, 0.05) is 19.3 Å². The van der Waals surface area contributed by atoms with E-state index in [9.17, 15) is 14.4 Å². The largest absolute Gasteiger partial charge is 0.462 e. The molecule has 0 amide bonds. The van der Waals surface area contributed by atoms with Gasteiger partial charge in [0.15, 0.2) is 6.10 Å². The SMILES string of the molecule is CCCCCCC/C=C\C/C=C\C/C=C\CCCCCCCCCCC(=O)OC(COC(=O)CCCCCCCCCCCCCCC/C=C\C/C=C\CCCCCCC)COC(=O)CCCCCCCCCCCCCCCCCC. The fourth-order valence-electron chi connectivity index (χ4n) is 10.8. The Balaban J connectivity index is 4.32. The van der Waals surface area contributed by atoms with Crippen LogP contribution in [-0.4, -0.2) is 37.2 Å². The summed E-state index contributed by atoms with van der Waals surface area (Å²) in [6.07, 6.45) is 91.0. The number of allylic oxidation sites excluding steroid dienone is 10. The van der Waals surface area contributed by atoms with Crippen LogP contribution < -0.4 is 0 Å². The molecule has 0 saturated heterocycles. The minimum absolute atomic E-state index is 0.0730. The summed E-state index contributed by atoms with van der Waals surface area (Å²) in [6.45, 7) is 6.68. The second kappa shape index (κ2) is 70.6. The molecule has 1 atom stereocenters. The van der Waals surface area contributed by atoms with Crippen LogP contribution in [0.5, 0.6) is 0 Å². The van der Waals surface area contributed by atoms with Gasteiger partial charge in [-0.05, 0) is 89.9 Å². The van der Waals surface area contributed by atoms with E-state index in [4.69, 9.17) is 14.2 Å². The quantitative estimate of drug-likeness (QED) is 0.0261. The summed E-state index contributed by atoms with van der Waals surface area (Å²) in [4.78, 5) is 38.5. The molecule has 0 bridgehead atoms. The fraction of sp³-hybridized carbons (Fsp3) is 0.829. The van der Waals surface area contributed by atoms with Crippen LogP contribution in [-0.2, 0) is 28.6 Å². The third-order valence-corrected chi connectivity index (χ3v) is 16.2. The lowest BCUT2D eigenvalue weighted by Gasteiger charge is -2.18. The fourth-order valence-corrected chi connectivity index (χ4v) is 10.8. The van der Waals surface area contributed by atoms with Gasteiger partial charge in [-0.2, -0.15) is 0 Å². The summed E-state index contributed by atoms with van der Waals surface area (Å²) in [5.41, 5.74) is 0. The predicted octanol–water partition coefficient (Wildman–Crippen LogP) is 25.1. The van der Waals surface area contributed by atoms with Gasteiger partial charge in [-0.3, -0.25) is 14.4 Å². The molecular formula is C76H138O6. The zero-order valence-corrected chi connectivity index (χ0v) is 55.0. The summed E-state index contributed by atoms with van der Waals surface area (Å²) in [5.74, 6) is -0.855. The van der Waals surface area contributed by atoms with Gasteiger partial charge in [0.25, 0.3) is 0 Å². The van der Waals surface area contributed by atoms with E-state index in [2.05, 4.69) is 81.5 Å². The normalized spacial score (nSPS) is 12.4. The van der Waals surface area contributed by atoms with Crippen molar-refractivity contribution in [3.63, 3.8) is 0 Å². The van der Waals surface area contributed by atoms with Crippen LogP contribution in [0.15, 0.2) is 60.8 Å². The lowest BCUT2D eigenvalue weighted by molar-refractivity contribution is -0.167. The molecule has 6 heteroatoms. The second-order valence-electron chi connectivity index (χ2n) is 24.5. The molecule has 82 heavy (non-hydrogen) atoms. The number of hydrogen-bond acceptors (Lipinski definition) is 6. The Kier molecular flexibility index (Phi) is 68.1. The Morgan fingerprint density at radius 3 is 0.683 bits per heavy atom. The van der Waals surface area contributed by atoms with Crippen LogP contribution >= 0.6 is 0 Å². The third-order valence-electron chi connectivity index (χ3n) is 16.2. The molecule has 0 N–H and O–H groups in total. The predicted molar refractivity (Wildman–Crippen MR) is 358 cm³/mol. The van der Waals surface area contributed by atoms with Crippen molar-refractivity contribution in [3.05, 3.63) is 60.8 Å². The summed E-state index contributed by atoms with van der Waals surface area (Å²) in [5, 5.41) is 0. The van der Waals surface area contributed by atoms with E-state index in [0.29, 0.717) is 19.3 Å². The van der Waals surface area contributed by atoms with Gasteiger partial charge in [0.1, 0.15) is 13.2 Å². The van der Waals surface area contributed by atoms with Gasteiger partial charge in [-0.15, -0.1) is 0 Å². The molecular weight excluding hydrogens is 1010 g/mol. The molecule has 0 radical (unpaired) electrons. The van der Waals surface area contributed by atoms with E-state index in [1.807, 2.05) is 0 Å². The topological polar surface area (TPSA) is 78.9 Å². The maximum absolute atomic E-state index is 13.0. The first kappa shape index (κ1) is 79.1. The van der Waals surface area contributed by atoms with E-state index in [1.165, 1.54) is 263 Å². The summed E-state index contributed by atoms with van der Waals surface area (Å²) >= 11 is 0. The Morgan fingerprint density at radius 1 is 0.244 bits per heavy atom. The van der Waals surface area contributed by atoms with Gasteiger partial charge in [0.05, 0.1) is 0 Å². The van der Waals surface area contributed by atoms with Gasteiger partial charge >= 0.3 is 17.9 Å². The minimum atomic E-state index is -0.779. The molecule has 0 aromatic carbocycles. The Morgan fingerprint density at radius 2 is 0.439 bits per heavy atom. The van der Waals surface area contributed by atoms with Crippen LogP contribution in [0.25, 0.3) is 0 Å². The number of carbonyl (C=O) groups is 3. The van der Waals surface area contributed by atoms with Crippen LogP contribution in [0.3, 0.4) is 0 Å². The number of unbranched alkanes of at least 4 members (excludes halogenated alkanes) is 46. The molecule has 0 saturated carbocycles. The van der Waals surface area contributed by atoms with Crippen LogP contribution in [0.1, 0.15) is 387 Å².